The second-order valence-electron chi connectivity index (χ2n) is 3.31. The third kappa shape index (κ3) is 3.01. The molecule has 3 heteroatoms. The Hall–Kier alpha value is -1.64. The van der Waals surface area contributed by atoms with E-state index in [0.29, 0.717) is 5.69 Å². The Kier molecular flexibility index (Phi) is 3.40. The quantitative estimate of drug-likeness (QED) is 0.568. The number of hydrogen-bond acceptors (Lipinski definition) is 3. The molecular formula is C11H16N2O. The van der Waals surface area contributed by atoms with Crippen molar-refractivity contribution in [1.82, 2.24) is 0 Å². The van der Waals surface area contributed by atoms with Gasteiger partial charge in [0.2, 0.25) is 0 Å². The van der Waals surface area contributed by atoms with E-state index in [4.69, 9.17) is 10.5 Å². The number of nitrogen functional groups attached to an aromatic ring is 1. The highest BCUT2D eigenvalue weighted by Gasteiger charge is 1.98. The van der Waals surface area contributed by atoms with E-state index in [1.807, 2.05) is 19.1 Å². The molecule has 0 amide bonds. The van der Waals surface area contributed by atoms with Crippen molar-refractivity contribution in [2.45, 2.75) is 6.92 Å². The Morgan fingerprint density at radius 1 is 1.50 bits per heavy atom. The molecule has 14 heavy (non-hydrogen) atoms. The van der Waals surface area contributed by atoms with E-state index in [0.717, 1.165) is 23.6 Å². The predicted molar refractivity (Wildman–Crippen MR) is 60.7 cm³/mol. The number of benzene rings is 1. The minimum absolute atomic E-state index is 0.688. The molecule has 0 aliphatic carbocycles. The van der Waals surface area contributed by atoms with Crippen molar-refractivity contribution in [1.29, 1.82) is 0 Å². The first-order valence-electron chi connectivity index (χ1n) is 4.44. The number of nitrogens with one attached hydrogen (secondary N) is 1. The lowest BCUT2D eigenvalue weighted by Gasteiger charge is -2.09. The lowest BCUT2D eigenvalue weighted by molar-refractivity contribution is 0.415. The second kappa shape index (κ2) is 4.56. The smallest absolute Gasteiger partial charge is 0.122 e. The Bertz CT molecular complexity index is 334. The first-order chi connectivity index (χ1) is 6.61. The van der Waals surface area contributed by atoms with Gasteiger partial charge in [-0.3, -0.25) is 0 Å². The van der Waals surface area contributed by atoms with E-state index in [1.54, 1.807) is 13.2 Å². The molecule has 76 valence electrons. The monoisotopic (exact) mass is 192 g/mol. The average Bonchev–Trinajstić information content (AvgIpc) is 2.14. The number of methoxy groups -OCH3 is 1. The summed E-state index contributed by atoms with van der Waals surface area (Å²) in [7, 11) is 1.62. The molecule has 1 aromatic rings. The number of nitrogens with two attached hydrogens (primary N) is 1. The highest BCUT2D eigenvalue weighted by Crippen LogP contribution is 2.22. The average molecular weight is 192 g/mol. The molecule has 0 spiro atoms. The van der Waals surface area contributed by atoms with Crippen molar-refractivity contribution in [2.75, 3.05) is 24.7 Å². The van der Waals surface area contributed by atoms with Crippen molar-refractivity contribution in [2.24, 2.45) is 0 Å². The van der Waals surface area contributed by atoms with Crippen molar-refractivity contribution >= 4 is 11.4 Å². The van der Waals surface area contributed by atoms with Crippen LogP contribution in [0.25, 0.3) is 0 Å². The normalized spacial score (nSPS) is 9.57. The van der Waals surface area contributed by atoms with E-state index in [2.05, 4.69) is 11.9 Å². The molecule has 1 rings (SSSR count). The maximum Gasteiger partial charge on any atom is 0.122 e. The lowest BCUT2D eigenvalue weighted by Crippen LogP contribution is -2.02. The first kappa shape index (κ1) is 10.4. The van der Waals surface area contributed by atoms with Gasteiger partial charge in [0.25, 0.3) is 0 Å². The molecule has 0 saturated heterocycles. The van der Waals surface area contributed by atoms with E-state index in [9.17, 15) is 0 Å². The summed E-state index contributed by atoms with van der Waals surface area (Å²) in [6.07, 6.45) is 0. The molecule has 0 fully saturated rings. The predicted octanol–water partition coefficient (Wildman–Crippen LogP) is 2.27. The molecule has 0 radical (unpaired) electrons. The molecule has 3 N–H and O–H groups in total. The van der Waals surface area contributed by atoms with E-state index < -0.39 is 0 Å². The Balaban J connectivity index is 2.76. The summed E-state index contributed by atoms with van der Waals surface area (Å²) in [6, 6.07) is 5.55. The van der Waals surface area contributed by atoms with Crippen LogP contribution in [0.4, 0.5) is 11.4 Å². The van der Waals surface area contributed by atoms with Crippen LogP contribution >= 0.6 is 0 Å². The lowest BCUT2D eigenvalue weighted by atomic mass is 10.2. The summed E-state index contributed by atoms with van der Waals surface area (Å²) in [5, 5.41) is 3.20. The van der Waals surface area contributed by atoms with Crippen LogP contribution in [0.15, 0.2) is 30.4 Å². The van der Waals surface area contributed by atoms with Crippen molar-refractivity contribution in [3.8, 4) is 5.75 Å². The van der Waals surface area contributed by atoms with Crippen LogP contribution in [0.3, 0.4) is 0 Å². The zero-order valence-corrected chi connectivity index (χ0v) is 8.63. The molecule has 0 aliphatic heterocycles. The van der Waals surface area contributed by atoms with Crippen LogP contribution in [0, 0.1) is 0 Å². The van der Waals surface area contributed by atoms with Crippen LogP contribution in [0.5, 0.6) is 5.75 Å². The molecule has 0 aromatic heterocycles. The van der Waals surface area contributed by atoms with Crippen LogP contribution in [0.1, 0.15) is 6.92 Å². The van der Waals surface area contributed by atoms with E-state index >= 15 is 0 Å². The number of ether oxygens (including phenoxy) is 1. The zero-order chi connectivity index (χ0) is 10.6. The van der Waals surface area contributed by atoms with Gasteiger partial charge in [0.1, 0.15) is 5.75 Å². The van der Waals surface area contributed by atoms with Gasteiger partial charge in [-0.1, -0.05) is 12.2 Å². The summed E-state index contributed by atoms with van der Waals surface area (Å²) in [6.45, 7) is 6.52. The number of rotatable bonds is 4. The molecule has 0 unspecified atom stereocenters. The molecule has 0 atom stereocenters. The summed E-state index contributed by atoms with van der Waals surface area (Å²) in [5.74, 6) is 0.759. The molecular weight excluding hydrogens is 176 g/mol. The largest absolute Gasteiger partial charge is 0.497 e. The van der Waals surface area contributed by atoms with Crippen LogP contribution in [-0.4, -0.2) is 13.7 Å². The van der Waals surface area contributed by atoms with Gasteiger partial charge in [-0.15, -0.1) is 0 Å². The van der Waals surface area contributed by atoms with Crippen molar-refractivity contribution in [3.63, 3.8) is 0 Å². The van der Waals surface area contributed by atoms with Gasteiger partial charge in [0.05, 0.1) is 7.11 Å². The van der Waals surface area contributed by atoms with Crippen LogP contribution in [-0.2, 0) is 0 Å². The molecule has 0 aliphatic rings. The molecule has 0 heterocycles. The van der Waals surface area contributed by atoms with E-state index in [-0.39, 0.29) is 0 Å². The zero-order valence-electron chi connectivity index (χ0n) is 8.63. The van der Waals surface area contributed by atoms with Gasteiger partial charge >= 0.3 is 0 Å². The third-order valence-corrected chi connectivity index (χ3v) is 1.76. The van der Waals surface area contributed by atoms with Gasteiger partial charge < -0.3 is 15.8 Å². The molecule has 1 aromatic carbocycles. The minimum atomic E-state index is 0.688. The standard InChI is InChI=1S/C11H16N2O/c1-8(2)7-13-10-4-9(12)5-11(6-10)14-3/h4-6,13H,1,7,12H2,2-3H3. The van der Waals surface area contributed by atoms with Gasteiger partial charge in [-0.25, -0.2) is 0 Å². The topological polar surface area (TPSA) is 47.3 Å². The van der Waals surface area contributed by atoms with Gasteiger partial charge in [0.15, 0.2) is 0 Å². The Labute approximate surface area is 84.6 Å². The molecule has 3 nitrogen and oxygen atoms in total. The maximum absolute atomic E-state index is 5.70. The van der Waals surface area contributed by atoms with Gasteiger partial charge in [0, 0.05) is 30.1 Å². The highest BCUT2D eigenvalue weighted by atomic mass is 16.5. The Morgan fingerprint density at radius 2 is 2.21 bits per heavy atom. The molecule has 0 bridgehead atoms. The number of hydrogen-bond donors (Lipinski definition) is 2. The maximum atomic E-state index is 5.70. The van der Waals surface area contributed by atoms with E-state index in [1.165, 1.54) is 0 Å². The number of anilines is 2. The summed E-state index contributed by atoms with van der Waals surface area (Å²) in [5.41, 5.74) is 8.41. The summed E-state index contributed by atoms with van der Waals surface area (Å²) in [4.78, 5) is 0. The second-order valence-corrected chi connectivity index (χ2v) is 3.31. The van der Waals surface area contributed by atoms with Crippen molar-refractivity contribution < 1.29 is 4.74 Å². The third-order valence-electron chi connectivity index (χ3n) is 1.76. The van der Waals surface area contributed by atoms with Gasteiger partial charge in [-0.2, -0.15) is 0 Å². The fourth-order valence-corrected chi connectivity index (χ4v) is 1.09. The first-order valence-corrected chi connectivity index (χ1v) is 4.44. The molecule has 0 saturated carbocycles. The van der Waals surface area contributed by atoms with Crippen molar-refractivity contribution in [3.05, 3.63) is 30.4 Å². The fraction of sp³-hybridized carbons (Fsp3) is 0.273. The summed E-state index contributed by atoms with van der Waals surface area (Å²) < 4.78 is 5.10. The van der Waals surface area contributed by atoms with Gasteiger partial charge in [-0.05, 0) is 13.0 Å². The van der Waals surface area contributed by atoms with Crippen LogP contribution in [0.2, 0.25) is 0 Å². The SMILES string of the molecule is C=C(C)CNc1cc(N)cc(OC)c1. The fourth-order valence-electron chi connectivity index (χ4n) is 1.09. The minimum Gasteiger partial charge on any atom is -0.497 e. The summed E-state index contributed by atoms with van der Waals surface area (Å²) >= 11 is 0. The highest BCUT2D eigenvalue weighted by molar-refractivity contribution is 5.59. The Morgan fingerprint density at radius 3 is 2.79 bits per heavy atom. The van der Waals surface area contributed by atoms with Crippen LogP contribution < -0.4 is 15.8 Å².